The van der Waals surface area contributed by atoms with E-state index in [4.69, 9.17) is 4.74 Å². The van der Waals surface area contributed by atoms with Crippen LogP contribution in [-0.4, -0.2) is 29.2 Å². The number of guanidine groups is 1. The Balaban J connectivity index is 1.25. The molecule has 0 unspecified atom stereocenters. The van der Waals surface area contributed by atoms with Crippen molar-refractivity contribution in [1.82, 2.24) is 10.3 Å². The molecule has 2 N–H and O–H groups in total. The number of hydrogen-bond donors (Lipinski definition) is 2. The number of nitrogens with zero attached hydrogens (tertiary/aromatic N) is 2. The number of allylic oxidation sites excluding steroid dienone is 1. The van der Waals surface area contributed by atoms with Gasteiger partial charge in [0.1, 0.15) is 16.5 Å². The number of amides is 1. The van der Waals surface area contributed by atoms with Crippen molar-refractivity contribution >= 4 is 51.6 Å². The van der Waals surface area contributed by atoms with E-state index in [2.05, 4.69) is 26.7 Å². The predicted octanol–water partition coefficient (Wildman–Crippen LogP) is 5.24. The van der Waals surface area contributed by atoms with Crippen LogP contribution in [0.1, 0.15) is 31.3 Å². The predicted molar refractivity (Wildman–Crippen MR) is 138 cm³/mol. The molecule has 9 heteroatoms. The van der Waals surface area contributed by atoms with Gasteiger partial charge in [-0.15, -0.1) is 22.7 Å². The highest BCUT2D eigenvalue weighted by Gasteiger charge is 2.22. The number of aromatic nitrogens is 1. The van der Waals surface area contributed by atoms with Gasteiger partial charge >= 0.3 is 0 Å². The average Bonchev–Trinajstić information content (AvgIpc) is 3.64. The monoisotopic (exact) mass is 498 g/mol. The molecule has 2 aromatic heterocycles. The van der Waals surface area contributed by atoms with Crippen LogP contribution >= 0.6 is 22.7 Å². The molecule has 0 fully saturated rings. The van der Waals surface area contributed by atoms with Crippen LogP contribution in [0, 0.1) is 0 Å². The second-order valence-electron chi connectivity index (χ2n) is 7.91. The summed E-state index contributed by atoms with van der Waals surface area (Å²) in [6.45, 7) is 0.692. The first-order valence-electron chi connectivity index (χ1n) is 10.9. The SMILES string of the molecule is O=C(NC1=NC=C(C(=O)c2cccs2)c2ccccc2N1)c1csc(-c2ccc3c(c2)CCO3)n1. The van der Waals surface area contributed by atoms with Crippen LogP contribution in [0.15, 0.2) is 76.5 Å². The number of carbonyl (C=O) groups excluding carboxylic acids is 2. The van der Waals surface area contributed by atoms with Crippen LogP contribution in [-0.2, 0) is 6.42 Å². The highest BCUT2D eigenvalue weighted by Crippen LogP contribution is 2.32. The summed E-state index contributed by atoms with van der Waals surface area (Å²) in [6.07, 6.45) is 2.37. The molecule has 0 radical (unpaired) electrons. The minimum Gasteiger partial charge on any atom is -0.493 e. The molecule has 0 bridgehead atoms. The minimum atomic E-state index is -0.387. The highest BCUT2D eigenvalue weighted by atomic mass is 32.1. The summed E-state index contributed by atoms with van der Waals surface area (Å²) in [5, 5.41) is 10.3. The Morgan fingerprint density at radius 1 is 1.06 bits per heavy atom. The molecule has 4 heterocycles. The number of hydrogen-bond acceptors (Lipinski definition) is 8. The van der Waals surface area contributed by atoms with Gasteiger partial charge in [-0.1, -0.05) is 24.3 Å². The van der Waals surface area contributed by atoms with Gasteiger partial charge in [-0.2, -0.15) is 0 Å². The number of nitrogens with one attached hydrogen (secondary N) is 2. The number of aliphatic imine (C=N–C) groups is 1. The van der Waals surface area contributed by atoms with Gasteiger partial charge in [0.2, 0.25) is 11.7 Å². The van der Waals surface area contributed by atoms with E-state index >= 15 is 0 Å². The summed E-state index contributed by atoms with van der Waals surface area (Å²) < 4.78 is 5.57. The third-order valence-electron chi connectivity index (χ3n) is 5.69. The van der Waals surface area contributed by atoms with Crippen molar-refractivity contribution in [2.24, 2.45) is 4.99 Å². The summed E-state index contributed by atoms with van der Waals surface area (Å²) in [4.78, 5) is 35.6. The first-order chi connectivity index (χ1) is 17.2. The van der Waals surface area contributed by atoms with Crippen molar-refractivity contribution in [3.8, 4) is 16.3 Å². The maximum absolute atomic E-state index is 13.1. The molecule has 35 heavy (non-hydrogen) atoms. The minimum absolute atomic E-state index is 0.116. The van der Waals surface area contributed by atoms with Gasteiger partial charge in [0.15, 0.2) is 0 Å². The Kier molecular flexibility index (Phi) is 5.48. The van der Waals surface area contributed by atoms with Gasteiger partial charge in [-0.3, -0.25) is 14.9 Å². The number of rotatable bonds is 4. The van der Waals surface area contributed by atoms with E-state index in [0.29, 0.717) is 28.4 Å². The van der Waals surface area contributed by atoms with E-state index in [0.717, 1.165) is 33.9 Å². The number of fused-ring (bicyclic) bond motifs is 2. The second-order valence-corrected chi connectivity index (χ2v) is 9.72. The van der Waals surface area contributed by atoms with Crippen LogP contribution < -0.4 is 15.4 Å². The van der Waals surface area contributed by atoms with Gasteiger partial charge in [-0.25, -0.2) is 9.98 Å². The van der Waals surface area contributed by atoms with Crippen LogP contribution in [0.3, 0.4) is 0 Å². The number of carbonyl (C=O) groups is 2. The van der Waals surface area contributed by atoms with E-state index in [1.54, 1.807) is 11.4 Å². The number of ether oxygens (including phenoxy) is 1. The van der Waals surface area contributed by atoms with Crippen molar-refractivity contribution in [1.29, 1.82) is 0 Å². The van der Waals surface area contributed by atoms with Crippen LogP contribution in [0.4, 0.5) is 5.69 Å². The highest BCUT2D eigenvalue weighted by molar-refractivity contribution is 7.13. The number of thiazole rings is 1. The summed E-state index contributed by atoms with van der Waals surface area (Å²) >= 11 is 2.78. The van der Waals surface area contributed by atoms with E-state index in [9.17, 15) is 9.59 Å². The van der Waals surface area contributed by atoms with Crippen molar-refractivity contribution in [3.63, 3.8) is 0 Å². The number of Topliss-reactive ketones (excluding diaryl/α,β-unsaturated/α-hetero) is 1. The molecular formula is C26H18N4O3S2. The molecule has 0 spiro atoms. The molecule has 6 rings (SSSR count). The van der Waals surface area contributed by atoms with Gasteiger partial charge in [-0.05, 0) is 41.3 Å². The maximum Gasteiger partial charge on any atom is 0.277 e. The van der Waals surface area contributed by atoms with E-state index in [1.807, 2.05) is 47.8 Å². The standard InChI is InChI=1S/C26H18N4O3S2/c31-23(22-6-3-11-34-22)18-13-27-26(29-19-5-2-1-4-17(18)19)30-24(32)20-14-35-25(28-20)16-7-8-21-15(12-16)9-10-33-21/h1-8,11-14H,9-10H2,(H2,27,29,30,32). The molecule has 0 aliphatic carbocycles. The quantitative estimate of drug-likeness (QED) is 0.375. The average molecular weight is 499 g/mol. The van der Waals surface area contributed by atoms with E-state index < -0.39 is 0 Å². The lowest BCUT2D eigenvalue weighted by Gasteiger charge is -2.12. The number of benzene rings is 2. The van der Waals surface area contributed by atoms with Crippen molar-refractivity contribution in [3.05, 3.63) is 93.3 Å². The molecule has 172 valence electrons. The van der Waals surface area contributed by atoms with Gasteiger partial charge in [0.25, 0.3) is 5.91 Å². The van der Waals surface area contributed by atoms with E-state index in [1.165, 1.54) is 28.9 Å². The summed E-state index contributed by atoms with van der Waals surface area (Å²) in [5.74, 6) is 0.628. The zero-order chi connectivity index (χ0) is 23.8. The molecule has 2 aliphatic rings. The number of thiophene rings is 1. The van der Waals surface area contributed by atoms with Crippen molar-refractivity contribution in [2.75, 3.05) is 11.9 Å². The van der Waals surface area contributed by atoms with Crippen LogP contribution in [0.25, 0.3) is 16.1 Å². The first kappa shape index (κ1) is 21.5. The lowest BCUT2D eigenvalue weighted by Crippen LogP contribution is -2.35. The maximum atomic E-state index is 13.1. The second kappa shape index (κ2) is 8.94. The fourth-order valence-corrected chi connectivity index (χ4v) is 5.45. The fraction of sp³-hybridized carbons (Fsp3) is 0.0769. The third-order valence-corrected chi connectivity index (χ3v) is 7.45. The third kappa shape index (κ3) is 4.16. The zero-order valence-electron chi connectivity index (χ0n) is 18.3. The summed E-state index contributed by atoms with van der Waals surface area (Å²) in [5.41, 5.74) is 4.25. The van der Waals surface area contributed by atoms with Crippen LogP contribution in [0.5, 0.6) is 5.75 Å². The zero-order valence-corrected chi connectivity index (χ0v) is 19.9. The topological polar surface area (TPSA) is 92.7 Å². The Bertz CT molecular complexity index is 1520. The van der Waals surface area contributed by atoms with Gasteiger partial charge < -0.3 is 10.1 Å². The molecular weight excluding hydrogens is 480 g/mol. The van der Waals surface area contributed by atoms with Crippen LogP contribution in [0.2, 0.25) is 0 Å². The van der Waals surface area contributed by atoms with Gasteiger partial charge in [0.05, 0.1) is 17.1 Å². The Morgan fingerprint density at radius 2 is 1.97 bits per heavy atom. The van der Waals surface area contributed by atoms with Gasteiger partial charge in [0, 0.05) is 34.8 Å². The molecule has 0 saturated heterocycles. The molecule has 0 atom stereocenters. The smallest absolute Gasteiger partial charge is 0.277 e. The largest absolute Gasteiger partial charge is 0.493 e. The Morgan fingerprint density at radius 3 is 2.86 bits per heavy atom. The number of anilines is 1. The molecule has 1 amide bonds. The molecule has 7 nitrogen and oxygen atoms in total. The first-order valence-corrected chi connectivity index (χ1v) is 12.7. The molecule has 0 saturated carbocycles. The summed E-state index contributed by atoms with van der Waals surface area (Å²) in [7, 11) is 0. The lowest BCUT2D eigenvalue weighted by atomic mass is 10.00. The Hall–Kier alpha value is -4.08. The summed E-state index contributed by atoms with van der Waals surface area (Å²) in [6, 6.07) is 17.0. The van der Waals surface area contributed by atoms with Crippen molar-refractivity contribution in [2.45, 2.75) is 6.42 Å². The molecule has 2 aromatic carbocycles. The molecule has 2 aliphatic heterocycles. The van der Waals surface area contributed by atoms with E-state index in [-0.39, 0.29) is 17.6 Å². The Labute approximate surface area is 208 Å². The number of ketones is 1. The lowest BCUT2D eigenvalue weighted by molar-refractivity contribution is 0.0972. The number of para-hydroxylation sites is 1. The normalized spacial score (nSPS) is 13.9. The molecule has 4 aromatic rings. The fourth-order valence-electron chi connectivity index (χ4n) is 3.97. The van der Waals surface area contributed by atoms with Crippen molar-refractivity contribution < 1.29 is 14.3 Å².